The molecule has 0 amide bonds. The fourth-order valence-corrected chi connectivity index (χ4v) is 5.13. The molecule has 1 aliphatic heterocycles. The summed E-state index contributed by atoms with van der Waals surface area (Å²) < 4.78 is 0. The van der Waals surface area contributed by atoms with E-state index in [1.165, 1.54) is 16.0 Å². The first-order valence-electron chi connectivity index (χ1n) is 10.1. The van der Waals surface area contributed by atoms with Gasteiger partial charge >= 0.3 is 0 Å². The van der Waals surface area contributed by atoms with Crippen LogP contribution in [0.15, 0.2) is 35.7 Å². The van der Waals surface area contributed by atoms with Crippen LogP contribution in [-0.2, 0) is 0 Å². The van der Waals surface area contributed by atoms with Gasteiger partial charge in [0.25, 0.3) is 0 Å². The molecule has 0 radical (unpaired) electrons. The molecule has 1 aromatic carbocycles. The number of nitrogens with one attached hydrogen (secondary N) is 2. The van der Waals surface area contributed by atoms with Gasteiger partial charge in [0.15, 0.2) is 5.11 Å². The van der Waals surface area contributed by atoms with Crippen LogP contribution < -0.4 is 10.6 Å². The number of anilines is 1. The third kappa shape index (κ3) is 5.32. The minimum Gasteiger partial charge on any atom is -0.358 e. The fourth-order valence-electron chi connectivity index (χ4n) is 3.87. The second-order valence-electron chi connectivity index (χ2n) is 7.64. The van der Waals surface area contributed by atoms with Gasteiger partial charge in [0.1, 0.15) is 0 Å². The Kier molecular flexibility index (Phi) is 7.46. The SMILES string of the molecule is CCN1CCN([C@H](c2cccs2)[C@@H](C)NC(=S)Nc2cc(C)ccc2C)CC1. The highest BCUT2D eigenvalue weighted by atomic mass is 32.1. The van der Waals surface area contributed by atoms with E-state index in [0.717, 1.165) is 38.4 Å². The number of benzene rings is 1. The molecule has 2 aromatic rings. The summed E-state index contributed by atoms with van der Waals surface area (Å²) >= 11 is 7.49. The van der Waals surface area contributed by atoms with Crippen LogP contribution in [-0.4, -0.2) is 53.7 Å². The van der Waals surface area contributed by atoms with Gasteiger partial charge in [-0.05, 0) is 68.2 Å². The van der Waals surface area contributed by atoms with Crippen molar-refractivity contribution in [3.05, 3.63) is 51.7 Å². The van der Waals surface area contributed by atoms with Crippen LogP contribution in [0.2, 0.25) is 0 Å². The number of hydrogen-bond donors (Lipinski definition) is 2. The molecule has 0 saturated carbocycles. The van der Waals surface area contributed by atoms with Gasteiger partial charge in [0, 0.05) is 42.8 Å². The van der Waals surface area contributed by atoms with Crippen molar-refractivity contribution in [2.75, 3.05) is 38.0 Å². The maximum atomic E-state index is 5.66. The first-order valence-corrected chi connectivity index (χ1v) is 11.4. The van der Waals surface area contributed by atoms with E-state index in [1.54, 1.807) is 0 Å². The molecule has 0 bridgehead atoms. The first kappa shape index (κ1) is 21.2. The van der Waals surface area contributed by atoms with E-state index < -0.39 is 0 Å². The van der Waals surface area contributed by atoms with Crippen LogP contribution in [0.5, 0.6) is 0 Å². The lowest BCUT2D eigenvalue weighted by molar-refractivity contribution is 0.0883. The zero-order valence-electron chi connectivity index (χ0n) is 17.4. The normalized spacial score (nSPS) is 17.9. The van der Waals surface area contributed by atoms with E-state index >= 15 is 0 Å². The number of aryl methyl sites for hydroxylation is 2. The second-order valence-corrected chi connectivity index (χ2v) is 9.02. The maximum absolute atomic E-state index is 5.66. The number of thiophene rings is 1. The van der Waals surface area contributed by atoms with Gasteiger partial charge in [0.05, 0.1) is 6.04 Å². The lowest BCUT2D eigenvalue weighted by Crippen LogP contribution is -2.52. The Balaban J connectivity index is 1.68. The number of thiocarbonyl (C=S) groups is 1. The molecule has 2 heterocycles. The Hall–Kier alpha value is -1.47. The molecule has 0 spiro atoms. The molecule has 6 heteroatoms. The topological polar surface area (TPSA) is 30.5 Å². The quantitative estimate of drug-likeness (QED) is 0.681. The second kappa shape index (κ2) is 9.83. The number of nitrogens with zero attached hydrogens (tertiary/aromatic N) is 2. The van der Waals surface area contributed by atoms with Gasteiger partial charge in [-0.1, -0.05) is 25.1 Å². The predicted octanol–water partition coefficient (Wildman–Crippen LogP) is 4.42. The van der Waals surface area contributed by atoms with Crippen molar-refractivity contribution in [3.63, 3.8) is 0 Å². The molecule has 28 heavy (non-hydrogen) atoms. The minimum atomic E-state index is 0.219. The highest BCUT2D eigenvalue weighted by Crippen LogP contribution is 2.29. The standard InChI is InChI=1S/C22H32N4S2/c1-5-25-10-12-26(13-11-25)21(20-7-6-14-28-20)18(4)23-22(27)24-19-15-16(2)8-9-17(19)3/h6-9,14-15,18,21H,5,10-13H2,1-4H3,(H2,23,24,27)/t18-,21+/m1/s1. The van der Waals surface area contributed by atoms with Gasteiger partial charge in [0.2, 0.25) is 0 Å². The zero-order valence-corrected chi connectivity index (χ0v) is 19.0. The van der Waals surface area contributed by atoms with Crippen LogP contribution in [0.3, 0.4) is 0 Å². The Bertz CT molecular complexity index is 767. The van der Waals surface area contributed by atoms with Crippen LogP contribution in [0.25, 0.3) is 0 Å². The summed E-state index contributed by atoms with van der Waals surface area (Å²) in [6.07, 6.45) is 0. The molecule has 0 unspecified atom stereocenters. The highest BCUT2D eigenvalue weighted by Gasteiger charge is 2.30. The molecule has 152 valence electrons. The number of likely N-dealkylation sites (N-methyl/N-ethyl adjacent to an activating group) is 1. The summed E-state index contributed by atoms with van der Waals surface area (Å²) in [5.74, 6) is 0. The van der Waals surface area contributed by atoms with Crippen molar-refractivity contribution in [1.82, 2.24) is 15.1 Å². The molecule has 4 nitrogen and oxygen atoms in total. The minimum absolute atomic E-state index is 0.219. The molecular formula is C22H32N4S2. The smallest absolute Gasteiger partial charge is 0.171 e. The summed E-state index contributed by atoms with van der Waals surface area (Å²) in [6.45, 7) is 14.3. The van der Waals surface area contributed by atoms with Crippen molar-refractivity contribution >= 4 is 34.4 Å². The van der Waals surface area contributed by atoms with Gasteiger partial charge in [-0.15, -0.1) is 11.3 Å². The molecular weight excluding hydrogens is 384 g/mol. The summed E-state index contributed by atoms with van der Waals surface area (Å²) in [4.78, 5) is 6.53. The highest BCUT2D eigenvalue weighted by molar-refractivity contribution is 7.80. The zero-order chi connectivity index (χ0) is 20.1. The fraction of sp³-hybridized carbons (Fsp3) is 0.500. The summed E-state index contributed by atoms with van der Waals surface area (Å²) in [5.41, 5.74) is 3.51. The van der Waals surface area contributed by atoms with E-state index in [4.69, 9.17) is 12.2 Å². The Labute approximate surface area is 178 Å². The van der Waals surface area contributed by atoms with E-state index in [-0.39, 0.29) is 6.04 Å². The molecule has 2 N–H and O–H groups in total. The maximum Gasteiger partial charge on any atom is 0.171 e. The largest absolute Gasteiger partial charge is 0.358 e. The van der Waals surface area contributed by atoms with Crippen LogP contribution >= 0.6 is 23.6 Å². The average molecular weight is 417 g/mol. The third-order valence-corrected chi connectivity index (χ3v) is 6.72. The summed E-state index contributed by atoms with van der Waals surface area (Å²) in [7, 11) is 0. The lowest BCUT2D eigenvalue weighted by atomic mass is 10.0. The van der Waals surface area contributed by atoms with Gasteiger partial charge < -0.3 is 15.5 Å². The number of rotatable bonds is 6. The molecule has 1 fully saturated rings. The van der Waals surface area contributed by atoms with Crippen LogP contribution in [0.1, 0.15) is 35.9 Å². The number of piperazine rings is 1. The molecule has 0 aliphatic carbocycles. The molecule has 1 aromatic heterocycles. The Morgan fingerprint density at radius 3 is 2.57 bits per heavy atom. The average Bonchev–Trinajstić information content (AvgIpc) is 3.19. The Morgan fingerprint density at radius 1 is 1.18 bits per heavy atom. The van der Waals surface area contributed by atoms with E-state index in [0.29, 0.717) is 11.2 Å². The lowest BCUT2D eigenvalue weighted by Gasteiger charge is -2.41. The van der Waals surface area contributed by atoms with Crippen LogP contribution in [0.4, 0.5) is 5.69 Å². The molecule has 1 aliphatic rings. The van der Waals surface area contributed by atoms with E-state index in [1.807, 2.05) is 11.3 Å². The van der Waals surface area contributed by atoms with Gasteiger partial charge in [-0.25, -0.2) is 0 Å². The summed E-state index contributed by atoms with van der Waals surface area (Å²) in [6, 6.07) is 11.4. The van der Waals surface area contributed by atoms with E-state index in [9.17, 15) is 0 Å². The van der Waals surface area contributed by atoms with Crippen LogP contribution in [0, 0.1) is 13.8 Å². The Morgan fingerprint density at radius 2 is 1.93 bits per heavy atom. The van der Waals surface area contributed by atoms with Gasteiger partial charge in [-0.2, -0.15) is 0 Å². The van der Waals surface area contributed by atoms with E-state index in [2.05, 4.69) is 83.8 Å². The van der Waals surface area contributed by atoms with Crippen molar-refractivity contribution in [2.45, 2.75) is 39.8 Å². The third-order valence-electron chi connectivity index (χ3n) is 5.56. The monoisotopic (exact) mass is 416 g/mol. The first-order chi connectivity index (χ1) is 13.5. The molecule has 3 rings (SSSR count). The number of hydrogen-bond acceptors (Lipinski definition) is 4. The van der Waals surface area contributed by atoms with Crippen molar-refractivity contribution in [1.29, 1.82) is 0 Å². The molecule has 1 saturated heterocycles. The predicted molar refractivity (Wildman–Crippen MR) is 125 cm³/mol. The van der Waals surface area contributed by atoms with Gasteiger partial charge in [-0.3, -0.25) is 4.90 Å². The van der Waals surface area contributed by atoms with Crippen molar-refractivity contribution < 1.29 is 0 Å². The van der Waals surface area contributed by atoms with Crippen molar-refractivity contribution in [2.24, 2.45) is 0 Å². The summed E-state index contributed by atoms with van der Waals surface area (Å²) in [5, 5.41) is 9.82. The molecule has 2 atom stereocenters. The van der Waals surface area contributed by atoms with Crippen molar-refractivity contribution in [3.8, 4) is 0 Å².